The lowest BCUT2D eigenvalue weighted by atomic mass is 10.2. The van der Waals surface area contributed by atoms with Gasteiger partial charge in [-0.15, -0.1) is 0 Å². The Labute approximate surface area is 109 Å². The molecule has 4 heteroatoms. The van der Waals surface area contributed by atoms with Crippen LogP contribution in [0.1, 0.15) is 5.56 Å². The minimum atomic E-state index is 0.616. The maximum Gasteiger partial charge on any atom is 0.181 e. The summed E-state index contributed by atoms with van der Waals surface area (Å²) in [6.45, 7) is 0.820. The van der Waals surface area contributed by atoms with Gasteiger partial charge in [0.05, 0.1) is 10.2 Å². The number of hydrogen-bond donors (Lipinski definition) is 2. The van der Waals surface area contributed by atoms with Crippen molar-refractivity contribution in [1.29, 1.82) is 0 Å². The summed E-state index contributed by atoms with van der Waals surface area (Å²) in [5.41, 5.74) is 9.01. The van der Waals surface area contributed by atoms with Crippen LogP contribution in [0.25, 0.3) is 10.2 Å². The highest BCUT2D eigenvalue weighted by atomic mass is 32.1. The van der Waals surface area contributed by atoms with E-state index in [1.807, 2.05) is 30.3 Å². The number of benzene rings is 2. The smallest absolute Gasteiger partial charge is 0.181 e. The summed E-state index contributed by atoms with van der Waals surface area (Å²) in [6.07, 6.45) is 0. The van der Waals surface area contributed by atoms with E-state index in [-0.39, 0.29) is 0 Å². The lowest BCUT2D eigenvalue weighted by molar-refractivity contribution is 1.15. The number of nitrogens with zero attached hydrogens (tertiary/aromatic N) is 1. The normalized spacial score (nSPS) is 10.7. The van der Waals surface area contributed by atoms with Crippen molar-refractivity contribution in [3.8, 4) is 0 Å². The van der Waals surface area contributed by atoms with E-state index in [4.69, 9.17) is 5.73 Å². The average molecular weight is 255 g/mol. The molecule has 1 heterocycles. The molecule has 0 spiro atoms. The maximum absolute atomic E-state index is 5.69. The summed E-state index contributed by atoms with van der Waals surface area (Å²) in [6, 6.07) is 16.4. The van der Waals surface area contributed by atoms with Crippen LogP contribution in [-0.2, 0) is 6.54 Å². The lowest BCUT2D eigenvalue weighted by Gasteiger charge is -2.06. The van der Waals surface area contributed by atoms with Crippen molar-refractivity contribution in [1.82, 2.24) is 4.98 Å². The summed E-state index contributed by atoms with van der Waals surface area (Å²) in [7, 11) is 0. The summed E-state index contributed by atoms with van der Waals surface area (Å²) in [5.74, 6) is 0. The third kappa shape index (κ3) is 2.28. The van der Waals surface area contributed by atoms with Gasteiger partial charge in [-0.3, -0.25) is 0 Å². The second-order valence-electron chi connectivity index (χ2n) is 4.07. The van der Waals surface area contributed by atoms with Crippen LogP contribution in [-0.4, -0.2) is 4.98 Å². The number of aromatic nitrogens is 1. The molecule has 0 unspecified atom stereocenters. The van der Waals surface area contributed by atoms with E-state index in [2.05, 4.69) is 28.5 Å². The molecule has 1 aromatic heterocycles. The molecular weight excluding hydrogens is 242 g/mol. The second kappa shape index (κ2) is 4.66. The van der Waals surface area contributed by atoms with Gasteiger partial charge in [-0.25, -0.2) is 4.98 Å². The molecule has 90 valence electrons. The quantitative estimate of drug-likeness (QED) is 0.753. The van der Waals surface area contributed by atoms with Gasteiger partial charge in [0.2, 0.25) is 0 Å². The predicted molar refractivity (Wildman–Crippen MR) is 77.8 cm³/mol. The molecule has 0 atom stereocenters. The Morgan fingerprint density at radius 1 is 1.11 bits per heavy atom. The molecular formula is C14H13N3S. The molecule has 0 fully saturated rings. The molecule has 0 saturated heterocycles. The number of hydrogen-bond acceptors (Lipinski definition) is 4. The Bertz CT molecular complexity index is 661. The van der Waals surface area contributed by atoms with Crippen molar-refractivity contribution in [3.63, 3.8) is 0 Å². The van der Waals surface area contributed by atoms with Gasteiger partial charge in [-0.2, -0.15) is 0 Å². The first-order valence-corrected chi connectivity index (χ1v) is 6.57. The number of fused-ring (bicyclic) bond motifs is 1. The summed E-state index contributed by atoms with van der Waals surface area (Å²) in [4.78, 5) is 4.24. The van der Waals surface area contributed by atoms with Crippen LogP contribution >= 0.6 is 11.3 Å². The molecule has 0 bridgehead atoms. The number of nitrogens with one attached hydrogen (secondary N) is 1. The topological polar surface area (TPSA) is 50.9 Å². The molecule has 0 aliphatic carbocycles. The fraction of sp³-hybridized carbons (Fsp3) is 0.0714. The van der Waals surface area contributed by atoms with Gasteiger partial charge in [0, 0.05) is 12.2 Å². The van der Waals surface area contributed by atoms with E-state index < -0.39 is 0 Å². The minimum absolute atomic E-state index is 0.616. The summed E-state index contributed by atoms with van der Waals surface area (Å²) in [5, 5.41) is 4.02. The second-order valence-corrected chi connectivity index (χ2v) is 5.14. The van der Waals surface area contributed by atoms with Gasteiger partial charge in [0.1, 0.15) is 0 Å². The molecule has 3 N–H and O–H groups in total. The van der Waals surface area contributed by atoms with E-state index in [0.717, 1.165) is 22.4 Å². The zero-order valence-electron chi connectivity index (χ0n) is 9.76. The number of anilines is 2. The first-order chi connectivity index (χ1) is 8.81. The molecule has 0 aliphatic rings. The summed E-state index contributed by atoms with van der Waals surface area (Å²) < 4.78 is 1.12. The number of thiazole rings is 1. The van der Waals surface area contributed by atoms with E-state index in [9.17, 15) is 0 Å². The Morgan fingerprint density at radius 3 is 2.78 bits per heavy atom. The van der Waals surface area contributed by atoms with Crippen molar-refractivity contribution in [3.05, 3.63) is 54.1 Å². The predicted octanol–water partition coefficient (Wildman–Crippen LogP) is 3.49. The van der Waals surface area contributed by atoms with E-state index >= 15 is 0 Å². The van der Waals surface area contributed by atoms with Crippen molar-refractivity contribution in [2.75, 3.05) is 11.1 Å². The third-order valence-electron chi connectivity index (χ3n) is 2.74. The van der Waals surface area contributed by atoms with E-state index in [0.29, 0.717) is 5.13 Å². The van der Waals surface area contributed by atoms with Gasteiger partial charge in [-0.1, -0.05) is 41.7 Å². The molecule has 3 aromatic rings. The van der Waals surface area contributed by atoms with Crippen molar-refractivity contribution in [2.24, 2.45) is 0 Å². The number of nitrogens with two attached hydrogens (primary N) is 1. The Balaban J connectivity index is 1.78. The highest BCUT2D eigenvalue weighted by Crippen LogP contribution is 2.26. The Kier molecular flexibility index (Phi) is 2.86. The highest BCUT2D eigenvalue weighted by Gasteiger charge is 2.01. The molecule has 3 rings (SSSR count). The van der Waals surface area contributed by atoms with Crippen molar-refractivity contribution in [2.45, 2.75) is 6.54 Å². The van der Waals surface area contributed by atoms with Gasteiger partial charge in [-0.05, 0) is 23.8 Å². The maximum atomic E-state index is 5.69. The first-order valence-electron chi connectivity index (χ1n) is 5.75. The molecule has 3 nitrogen and oxygen atoms in total. The van der Waals surface area contributed by atoms with Crippen LogP contribution in [0, 0.1) is 0 Å². The van der Waals surface area contributed by atoms with Crippen LogP contribution < -0.4 is 11.1 Å². The largest absolute Gasteiger partial charge is 0.381 e. The van der Waals surface area contributed by atoms with Crippen molar-refractivity contribution >= 4 is 32.4 Å². The first kappa shape index (κ1) is 11.0. The van der Waals surface area contributed by atoms with Crippen LogP contribution in [0.4, 0.5) is 10.8 Å². The van der Waals surface area contributed by atoms with Crippen LogP contribution in [0.15, 0.2) is 48.5 Å². The lowest BCUT2D eigenvalue weighted by Crippen LogP contribution is -1.98. The highest BCUT2D eigenvalue weighted by molar-refractivity contribution is 7.22. The zero-order chi connectivity index (χ0) is 12.4. The van der Waals surface area contributed by atoms with Crippen LogP contribution in [0.5, 0.6) is 0 Å². The number of nitrogen functional groups attached to an aromatic ring is 1. The average Bonchev–Trinajstić information content (AvgIpc) is 2.77. The molecule has 2 aromatic carbocycles. The van der Waals surface area contributed by atoms with Crippen LogP contribution in [0.2, 0.25) is 0 Å². The monoisotopic (exact) mass is 255 g/mol. The SMILES string of the molecule is Nc1nc2ccc(NCc3ccccc3)cc2s1. The van der Waals surface area contributed by atoms with Crippen LogP contribution in [0.3, 0.4) is 0 Å². The van der Waals surface area contributed by atoms with Crippen molar-refractivity contribution < 1.29 is 0 Å². The minimum Gasteiger partial charge on any atom is -0.381 e. The molecule has 18 heavy (non-hydrogen) atoms. The van der Waals surface area contributed by atoms with Gasteiger partial charge >= 0.3 is 0 Å². The fourth-order valence-corrected chi connectivity index (χ4v) is 2.63. The Hall–Kier alpha value is -2.07. The van der Waals surface area contributed by atoms with E-state index in [1.165, 1.54) is 16.9 Å². The summed E-state index contributed by atoms with van der Waals surface area (Å²) >= 11 is 1.51. The molecule has 0 amide bonds. The van der Waals surface area contributed by atoms with Gasteiger partial charge in [0.25, 0.3) is 0 Å². The third-order valence-corrected chi connectivity index (χ3v) is 3.59. The van der Waals surface area contributed by atoms with E-state index in [1.54, 1.807) is 0 Å². The molecule has 0 saturated carbocycles. The fourth-order valence-electron chi connectivity index (χ4n) is 1.85. The standard InChI is InChI=1S/C14H13N3S/c15-14-17-12-7-6-11(8-13(12)18-14)16-9-10-4-2-1-3-5-10/h1-8,16H,9H2,(H2,15,17). The number of rotatable bonds is 3. The Morgan fingerprint density at radius 2 is 1.94 bits per heavy atom. The molecule has 0 aliphatic heterocycles. The zero-order valence-corrected chi connectivity index (χ0v) is 10.6. The van der Waals surface area contributed by atoms with Gasteiger partial charge in [0.15, 0.2) is 5.13 Å². The van der Waals surface area contributed by atoms with Gasteiger partial charge < -0.3 is 11.1 Å². The molecule has 0 radical (unpaired) electrons.